The molecule has 0 aliphatic heterocycles. The SMILES string of the molecule is CC(C)c1ccc(-c2[c-]cccc2)nc1.CC(C)c1ccnc(-c2[c-]ccc3c2sc2cccc([Si](C)(C)C)c23)c1.[Ir]. The zero-order chi connectivity index (χ0) is 29.1. The van der Waals surface area contributed by atoms with Crippen LogP contribution >= 0.6 is 11.3 Å². The van der Waals surface area contributed by atoms with Crippen molar-refractivity contribution in [1.82, 2.24) is 9.97 Å². The smallest absolute Gasteiger partial charge is 0.0783 e. The molecule has 217 valence electrons. The summed E-state index contributed by atoms with van der Waals surface area (Å²) in [5.41, 5.74) is 6.79. The van der Waals surface area contributed by atoms with Crippen molar-refractivity contribution in [2.45, 2.75) is 59.2 Å². The van der Waals surface area contributed by atoms with E-state index in [1.54, 1.807) is 5.19 Å². The predicted octanol–water partition coefficient (Wildman–Crippen LogP) is 10.3. The normalized spacial score (nSPS) is 11.5. The Bertz CT molecular complexity index is 1770. The van der Waals surface area contributed by atoms with E-state index in [0.717, 1.165) is 22.5 Å². The van der Waals surface area contributed by atoms with Crippen molar-refractivity contribution in [1.29, 1.82) is 0 Å². The zero-order valence-corrected chi connectivity index (χ0v) is 29.7. The molecule has 1 radical (unpaired) electrons. The first-order valence-electron chi connectivity index (χ1n) is 14.4. The van der Waals surface area contributed by atoms with Crippen LogP contribution in [-0.4, -0.2) is 18.0 Å². The molecule has 0 atom stereocenters. The molecule has 0 N–H and O–H groups in total. The van der Waals surface area contributed by atoms with E-state index in [9.17, 15) is 0 Å². The molecule has 0 saturated heterocycles. The van der Waals surface area contributed by atoms with E-state index in [1.807, 2.05) is 48.0 Å². The fourth-order valence-electron chi connectivity index (χ4n) is 5.01. The topological polar surface area (TPSA) is 25.8 Å². The van der Waals surface area contributed by atoms with E-state index >= 15 is 0 Å². The van der Waals surface area contributed by atoms with Gasteiger partial charge >= 0.3 is 0 Å². The molecule has 0 fully saturated rings. The third kappa shape index (κ3) is 6.98. The van der Waals surface area contributed by atoms with Crippen LogP contribution in [0.3, 0.4) is 0 Å². The van der Waals surface area contributed by atoms with Crippen molar-refractivity contribution in [2.75, 3.05) is 0 Å². The van der Waals surface area contributed by atoms with Gasteiger partial charge in [0.15, 0.2) is 0 Å². The Morgan fingerprint density at radius 2 is 1.52 bits per heavy atom. The minimum Gasteiger partial charge on any atom is -0.305 e. The van der Waals surface area contributed by atoms with E-state index in [2.05, 4.69) is 124 Å². The van der Waals surface area contributed by atoms with E-state index < -0.39 is 8.07 Å². The second kappa shape index (κ2) is 13.6. The summed E-state index contributed by atoms with van der Waals surface area (Å²) in [6, 6.07) is 34.2. The van der Waals surface area contributed by atoms with Gasteiger partial charge in [0.1, 0.15) is 0 Å². The maximum absolute atomic E-state index is 4.67. The fourth-order valence-corrected chi connectivity index (χ4v) is 7.95. The van der Waals surface area contributed by atoms with E-state index in [1.165, 1.54) is 31.3 Å². The predicted molar refractivity (Wildman–Crippen MR) is 181 cm³/mol. The number of aromatic nitrogens is 2. The Morgan fingerprint density at radius 1 is 0.738 bits per heavy atom. The quantitative estimate of drug-likeness (QED) is 0.129. The molecule has 0 unspecified atom stereocenters. The number of nitrogens with zero attached hydrogens (tertiary/aromatic N) is 2. The molecule has 0 aliphatic carbocycles. The third-order valence-electron chi connectivity index (χ3n) is 7.41. The standard InChI is InChI=1S/C23H24NSSi.C14H14N.Ir/c1-15(2)16-12-13-24-19(14-16)17-8-6-9-18-22-20(25-23(17)18)10-7-11-21(22)26(3,4)5;1-11(2)13-8-9-14(15-10-13)12-6-4-3-5-7-12;/h6-7,9-15H,1-5H3;3-6,8-11H,1-2H3;/q2*-1;. The minimum absolute atomic E-state index is 0. The van der Waals surface area contributed by atoms with E-state index in [-0.39, 0.29) is 20.1 Å². The Kier molecular flexibility index (Phi) is 10.3. The molecule has 0 saturated carbocycles. The van der Waals surface area contributed by atoms with Crippen molar-refractivity contribution < 1.29 is 20.1 Å². The number of thiophene rings is 1. The molecule has 3 aromatic carbocycles. The maximum Gasteiger partial charge on any atom is 0.0783 e. The Balaban J connectivity index is 0.000000216. The van der Waals surface area contributed by atoms with E-state index in [0.29, 0.717) is 11.8 Å². The summed E-state index contributed by atoms with van der Waals surface area (Å²) in [5, 5.41) is 4.35. The van der Waals surface area contributed by atoms with Crippen LogP contribution in [0.4, 0.5) is 0 Å². The molecule has 42 heavy (non-hydrogen) atoms. The summed E-state index contributed by atoms with van der Waals surface area (Å²) in [4.78, 5) is 9.11. The van der Waals surface area contributed by atoms with Gasteiger partial charge in [-0.3, -0.25) is 0 Å². The van der Waals surface area contributed by atoms with Gasteiger partial charge in [-0.1, -0.05) is 93.8 Å². The number of pyridine rings is 2. The van der Waals surface area contributed by atoms with Crippen LogP contribution in [0.2, 0.25) is 19.6 Å². The molecule has 0 spiro atoms. The van der Waals surface area contributed by atoms with Crippen molar-refractivity contribution in [3.05, 3.63) is 115 Å². The summed E-state index contributed by atoms with van der Waals surface area (Å²) in [5.74, 6) is 1.03. The Hall–Kier alpha value is -2.95. The molecule has 3 aromatic heterocycles. The monoisotopic (exact) mass is 763 g/mol. The number of fused-ring (bicyclic) bond motifs is 3. The van der Waals surface area contributed by atoms with Crippen LogP contribution in [0, 0.1) is 12.1 Å². The van der Waals surface area contributed by atoms with Crippen LogP contribution in [0.5, 0.6) is 0 Å². The van der Waals surface area contributed by atoms with Gasteiger partial charge in [-0.25, -0.2) is 0 Å². The van der Waals surface area contributed by atoms with Crippen molar-refractivity contribution >= 4 is 44.8 Å². The first-order valence-corrected chi connectivity index (χ1v) is 18.7. The first kappa shape index (κ1) is 32.0. The van der Waals surface area contributed by atoms with Crippen LogP contribution in [-0.2, 0) is 20.1 Å². The molecule has 0 amide bonds. The third-order valence-corrected chi connectivity index (χ3v) is 10.6. The maximum atomic E-state index is 4.67. The molecular formula is C37H38IrN2SSi-2. The summed E-state index contributed by atoms with van der Waals surface area (Å²) < 4.78 is 2.68. The summed E-state index contributed by atoms with van der Waals surface area (Å²) in [6.07, 6.45) is 3.87. The van der Waals surface area contributed by atoms with Crippen LogP contribution < -0.4 is 5.19 Å². The van der Waals surface area contributed by atoms with E-state index in [4.69, 9.17) is 0 Å². The summed E-state index contributed by atoms with van der Waals surface area (Å²) in [7, 11) is -1.42. The molecule has 2 nitrogen and oxygen atoms in total. The van der Waals surface area contributed by atoms with Gasteiger partial charge in [0.25, 0.3) is 0 Å². The van der Waals surface area contributed by atoms with Crippen molar-refractivity contribution in [3.8, 4) is 22.5 Å². The molecule has 5 heteroatoms. The Morgan fingerprint density at radius 3 is 2.17 bits per heavy atom. The van der Waals surface area contributed by atoms with Crippen molar-refractivity contribution in [3.63, 3.8) is 0 Å². The molecule has 0 bridgehead atoms. The molecular weight excluding hydrogens is 725 g/mol. The van der Waals surface area contributed by atoms with Crippen LogP contribution in [0.15, 0.2) is 91.3 Å². The average Bonchev–Trinajstić information content (AvgIpc) is 3.36. The van der Waals surface area contributed by atoms with Gasteiger partial charge in [0.05, 0.1) is 8.07 Å². The van der Waals surface area contributed by atoms with Crippen LogP contribution in [0.25, 0.3) is 42.7 Å². The molecule has 0 aliphatic rings. The Labute approximate surface area is 269 Å². The number of rotatable bonds is 5. The largest absolute Gasteiger partial charge is 0.305 e. The summed E-state index contributed by atoms with van der Waals surface area (Å²) in [6.45, 7) is 16.1. The number of benzene rings is 3. The zero-order valence-electron chi connectivity index (χ0n) is 25.5. The second-order valence-electron chi connectivity index (χ2n) is 12.2. The van der Waals surface area contributed by atoms with Gasteiger partial charge < -0.3 is 9.97 Å². The molecule has 6 rings (SSSR count). The number of hydrogen-bond donors (Lipinski definition) is 0. The minimum atomic E-state index is -1.42. The first-order chi connectivity index (χ1) is 19.6. The molecule has 6 aromatic rings. The van der Waals surface area contributed by atoms with Gasteiger partial charge in [-0.15, -0.1) is 59.7 Å². The fraction of sp³-hybridized carbons (Fsp3) is 0.243. The number of hydrogen-bond acceptors (Lipinski definition) is 3. The van der Waals surface area contributed by atoms with Gasteiger partial charge in [0, 0.05) is 37.2 Å². The summed E-state index contributed by atoms with van der Waals surface area (Å²) >= 11 is 1.88. The van der Waals surface area contributed by atoms with Gasteiger partial charge in [-0.2, -0.15) is 11.3 Å². The van der Waals surface area contributed by atoms with Crippen LogP contribution in [0.1, 0.15) is 50.7 Å². The molecule has 3 heterocycles. The van der Waals surface area contributed by atoms with Crippen molar-refractivity contribution in [2.24, 2.45) is 0 Å². The van der Waals surface area contributed by atoms with Gasteiger partial charge in [-0.05, 0) is 51.0 Å². The second-order valence-corrected chi connectivity index (χ2v) is 18.3. The average molecular weight is 763 g/mol. The van der Waals surface area contributed by atoms with Gasteiger partial charge in [0.2, 0.25) is 0 Å².